The Kier molecular flexibility index (Phi) is 5.99. The summed E-state index contributed by atoms with van der Waals surface area (Å²) < 4.78 is 2.13. The average molecular weight is 420 g/mol. The van der Waals surface area contributed by atoms with E-state index >= 15 is 0 Å². The molecule has 0 unspecified atom stereocenters. The van der Waals surface area contributed by atoms with Crippen LogP contribution in [0.5, 0.6) is 0 Å². The minimum absolute atomic E-state index is 0.0736. The van der Waals surface area contributed by atoms with E-state index in [-0.39, 0.29) is 11.7 Å². The number of amides is 1. The summed E-state index contributed by atoms with van der Waals surface area (Å²) in [5.74, 6) is 0.546. The molecule has 1 N–H and O–H groups in total. The second kappa shape index (κ2) is 8.83. The molecule has 2 heterocycles. The smallest absolute Gasteiger partial charge is 0.234 e. The van der Waals surface area contributed by atoms with Crippen LogP contribution in [0.3, 0.4) is 0 Å². The lowest BCUT2D eigenvalue weighted by molar-refractivity contribution is -0.113. The van der Waals surface area contributed by atoms with Crippen LogP contribution in [-0.4, -0.2) is 31.4 Å². The maximum absolute atomic E-state index is 12.6. The van der Waals surface area contributed by atoms with Gasteiger partial charge in [-0.1, -0.05) is 62.0 Å². The fourth-order valence-corrected chi connectivity index (χ4v) is 4.23. The summed E-state index contributed by atoms with van der Waals surface area (Å²) in [7, 11) is 0. The van der Waals surface area contributed by atoms with E-state index in [1.807, 2.05) is 36.4 Å². The minimum Gasteiger partial charge on any atom is -0.325 e. The molecular formula is C23H25N5OS. The van der Waals surface area contributed by atoms with Crippen molar-refractivity contribution < 1.29 is 4.79 Å². The Balaban J connectivity index is 1.52. The number of para-hydroxylation sites is 2. The molecule has 0 saturated heterocycles. The molecular weight excluding hydrogens is 394 g/mol. The molecule has 2 aromatic heterocycles. The Morgan fingerprint density at radius 2 is 1.87 bits per heavy atom. The standard InChI is InChI=1S/C23H25N5OS/c1-4-15(3)16-10-6-8-12-18(16)24-20(29)14-30-23-25-22-21(26-27-23)17-11-7-9-13-19(17)28(22)5-2/h6-13,15H,4-5,14H2,1-3H3,(H,24,29)/t15-/m0/s1. The number of carbonyl (C=O) groups is 1. The van der Waals surface area contributed by atoms with Crippen molar-refractivity contribution >= 4 is 45.4 Å². The van der Waals surface area contributed by atoms with Crippen molar-refractivity contribution in [2.75, 3.05) is 11.1 Å². The Labute approximate surface area is 180 Å². The number of nitrogens with zero attached hydrogens (tertiary/aromatic N) is 4. The first-order valence-corrected chi connectivity index (χ1v) is 11.2. The molecule has 1 amide bonds. The molecule has 6 nitrogen and oxygen atoms in total. The number of fused-ring (bicyclic) bond motifs is 3. The first-order valence-electron chi connectivity index (χ1n) is 10.3. The van der Waals surface area contributed by atoms with Gasteiger partial charge >= 0.3 is 0 Å². The minimum atomic E-state index is -0.0736. The topological polar surface area (TPSA) is 72.7 Å². The number of anilines is 1. The van der Waals surface area contributed by atoms with Gasteiger partial charge in [-0.2, -0.15) is 0 Å². The number of thioether (sulfide) groups is 1. The van der Waals surface area contributed by atoms with Gasteiger partial charge < -0.3 is 9.88 Å². The van der Waals surface area contributed by atoms with E-state index in [9.17, 15) is 4.79 Å². The largest absolute Gasteiger partial charge is 0.325 e. The molecule has 0 aliphatic carbocycles. The molecule has 0 radical (unpaired) electrons. The number of benzene rings is 2. The average Bonchev–Trinajstić information content (AvgIpc) is 3.10. The van der Waals surface area contributed by atoms with Crippen LogP contribution >= 0.6 is 11.8 Å². The van der Waals surface area contributed by atoms with Crippen LogP contribution in [0.4, 0.5) is 5.69 Å². The van der Waals surface area contributed by atoms with Crippen molar-refractivity contribution in [3.8, 4) is 0 Å². The summed E-state index contributed by atoms with van der Waals surface area (Å²) >= 11 is 1.30. The Bertz CT molecular complexity index is 1200. The lowest BCUT2D eigenvalue weighted by atomic mass is 9.97. The number of hydrogen-bond donors (Lipinski definition) is 1. The molecule has 2 aromatic carbocycles. The van der Waals surface area contributed by atoms with E-state index in [0.29, 0.717) is 11.1 Å². The van der Waals surface area contributed by atoms with Crippen LogP contribution in [0, 0.1) is 0 Å². The third-order valence-corrected chi connectivity index (χ3v) is 6.22. The van der Waals surface area contributed by atoms with Gasteiger partial charge in [-0.25, -0.2) is 4.98 Å². The van der Waals surface area contributed by atoms with E-state index in [1.54, 1.807) is 0 Å². The number of rotatable bonds is 7. The fraction of sp³-hybridized carbons (Fsp3) is 0.304. The van der Waals surface area contributed by atoms with Gasteiger partial charge in [0.2, 0.25) is 11.1 Å². The molecule has 0 spiro atoms. The maximum atomic E-state index is 12.6. The number of carbonyl (C=O) groups excluding carboxylic acids is 1. The Morgan fingerprint density at radius 1 is 1.10 bits per heavy atom. The summed E-state index contributed by atoms with van der Waals surface area (Å²) in [5, 5.41) is 13.2. The second-order valence-corrected chi connectivity index (χ2v) is 8.20. The first-order chi connectivity index (χ1) is 14.6. The van der Waals surface area contributed by atoms with E-state index in [4.69, 9.17) is 4.98 Å². The van der Waals surface area contributed by atoms with Gasteiger partial charge in [0.05, 0.1) is 11.3 Å². The van der Waals surface area contributed by atoms with Crippen molar-refractivity contribution in [1.82, 2.24) is 19.7 Å². The summed E-state index contributed by atoms with van der Waals surface area (Å²) in [4.78, 5) is 17.3. The third-order valence-electron chi connectivity index (χ3n) is 5.38. The van der Waals surface area contributed by atoms with E-state index < -0.39 is 0 Å². The SMILES string of the molecule is CC[C@H](C)c1ccccc1NC(=O)CSc1nnc2c3ccccc3n(CC)c2n1. The summed E-state index contributed by atoms with van der Waals surface area (Å²) in [6, 6.07) is 16.1. The zero-order valence-corrected chi connectivity index (χ0v) is 18.2. The predicted octanol–water partition coefficient (Wildman–Crippen LogP) is 5.24. The highest BCUT2D eigenvalue weighted by molar-refractivity contribution is 7.99. The zero-order chi connectivity index (χ0) is 21.1. The second-order valence-electron chi connectivity index (χ2n) is 7.26. The van der Waals surface area contributed by atoms with Crippen molar-refractivity contribution in [2.24, 2.45) is 0 Å². The molecule has 154 valence electrons. The van der Waals surface area contributed by atoms with Gasteiger partial charge in [-0.15, -0.1) is 10.2 Å². The van der Waals surface area contributed by atoms with Gasteiger partial charge in [0.25, 0.3) is 0 Å². The predicted molar refractivity (Wildman–Crippen MR) is 123 cm³/mol. The zero-order valence-electron chi connectivity index (χ0n) is 17.4. The van der Waals surface area contributed by atoms with Crippen LogP contribution < -0.4 is 5.32 Å². The van der Waals surface area contributed by atoms with Crippen LogP contribution in [0.1, 0.15) is 38.7 Å². The van der Waals surface area contributed by atoms with Crippen LogP contribution in [0.25, 0.3) is 22.1 Å². The molecule has 0 aliphatic rings. The summed E-state index contributed by atoms with van der Waals surface area (Å²) in [6.45, 7) is 7.19. The first kappa shape index (κ1) is 20.3. The molecule has 0 bridgehead atoms. The number of aryl methyl sites for hydroxylation is 1. The third kappa shape index (κ3) is 3.89. The molecule has 0 saturated carbocycles. The molecule has 4 rings (SSSR count). The van der Waals surface area contributed by atoms with Crippen LogP contribution in [0.15, 0.2) is 53.7 Å². The lowest BCUT2D eigenvalue weighted by Crippen LogP contribution is -2.16. The number of aromatic nitrogens is 4. The maximum Gasteiger partial charge on any atom is 0.234 e. The fourth-order valence-electron chi connectivity index (χ4n) is 3.65. The summed E-state index contributed by atoms with van der Waals surface area (Å²) in [5.41, 5.74) is 4.73. The van der Waals surface area contributed by atoms with Gasteiger partial charge in [0.1, 0.15) is 5.52 Å². The molecule has 4 aromatic rings. The van der Waals surface area contributed by atoms with Crippen molar-refractivity contribution in [3.63, 3.8) is 0 Å². The van der Waals surface area contributed by atoms with Crippen LogP contribution in [0.2, 0.25) is 0 Å². The van der Waals surface area contributed by atoms with Crippen LogP contribution in [-0.2, 0) is 11.3 Å². The summed E-state index contributed by atoms with van der Waals surface area (Å²) in [6.07, 6.45) is 1.02. The highest BCUT2D eigenvalue weighted by Gasteiger charge is 2.15. The van der Waals surface area contributed by atoms with Gasteiger partial charge in [0, 0.05) is 17.6 Å². The van der Waals surface area contributed by atoms with E-state index in [2.05, 4.69) is 53.0 Å². The number of hydrogen-bond acceptors (Lipinski definition) is 5. The van der Waals surface area contributed by atoms with E-state index in [0.717, 1.165) is 46.3 Å². The van der Waals surface area contributed by atoms with Gasteiger partial charge in [-0.3, -0.25) is 4.79 Å². The molecule has 7 heteroatoms. The quantitative estimate of drug-likeness (QED) is 0.415. The molecule has 0 aliphatic heterocycles. The van der Waals surface area contributed by atoms with Gasteiger partial charge in [-0.05, 0) is 37.0 Å². The van der Waals surface area contributed by atoms with Gasteiger partial charge in [0.15, 0.2) is 5.65 Å². The van der Waals surface area contributed by atoms with Crippen molar-refractivity contribution in [2.45, 2.75) is 44.8 Å². The van der Waals surface area contributed by atoms with E-state index in [1.165, 1.54) is 11.8 Å². The molecule has 0 fully saturated rings. The highest BCUT2D eigenvalue weighted by Crippen LogP contribution is 2.28. The molecule has 30 heavy (non-hydrogen) atoms. The Morgan fingerprint density at radius 3 is 2.67 bits per heavy atom. The van der Waals surface area contributed by atoms with Crippen molar-refractivity contribution in [1.29, 1.82) is 0 Å². The normalized spacial score (nSPS) is 12.4. The monoisotopic (exact) mass is 419 g/mol. The van der Waals surface area contributed by atoms with Crippen molar-refractivity contribution in [3.05, 3.63) is 54.1 Å². The Hall–Kier alpha value is -2.93. The lowest BCUT2D eigenvalue weighted by Gasteiger charge is -2.15. The number of nitrogens with one attached hydrogen (secondary N) is 1. The highest BCUT2D eigenvalue weighted by atomic mass is 32.2. The molecule has 1 atom stereocenters.